The number of carbonyl (C=O) groups is 2. The number of likely N-dealkylation sites (tertiary alicyclic amines) is 1. The van der Waals surface area contributed by atoms with E-state index in [9.17, 15) is 9.59 Å². The standard InChI is InChI=1S/C21H27N3O5/c1-27-16-5-6-18(19(12-16)28-2)23-20(25)14-24-9-7-15(8-10-24)21(26)22-13-17-4-3-11-29-17/h3-6,11-12,15H,7-10,13-14H2,1-2H3,(H,22,26)(H,23,25). The summed E-state index contributed by atoms with van der Waals surface area (Å²) in [6.45, 7) is 2.08. The maximum absolute atomic E-state index is 12.4. The zero-order valence-corrected chi connectivity index (χ0v) is 16.8. The molecule has 8 nitrogen and oxygen atoms in total. The molecule has 0 radical (unpaired) electrons. The van der Waals surface area contributed by atoms with Gasteiger partial charge in [0.05, 0.1) is 39.3 Å². The number of piperidine rings is 1. The van der Waals surface area contributed by atoms with Crippen LogP contribution >= 0.6 is 0 Å². The SMILES string of the molecule is COc1ccc(NC(=O)CN2CCC(C(=O)NCc3ccco3)CC2)c(OC)c1. The quantitative estimate of drug-likeness (QED) is 0.705. The van der Waals surface area contributed by atoms with Crippen LogP contribution in [0.25, 0.3) is 0 Å². The van der Waals surface area contributed by atoms with Gasteiger partial charge in [0.2, 0.25) is 11.8 Å². The Kier molecular flexibility index (Phi) is 7.13. The van der Waals surface area contributed by atoms with E-state index < -0.39 is 0 Å². The minimum Gasteiger partial charge on any atom is -0.497 e. The molecule has 2 N–H and O–H groups in total. The maximum atomic E-state index is 12.4. The van der Waals surface area contributed by atoms with Crippen LogP contribution in [-0.2, 0) is 16.1 Å². The highest BCUT2D eigenvalue weighted by molar-refractivity contribution is 5.93. The highest BCUT2D eigenvalue weighted by Crippen LogP contribution is 2.29. The van der Waals surface area contributed by atoms with Crippen molar-refractivity contribution in [3.63, 3.8) is 0 Å². The third-order valence-electron chi connectivity index (χ3n) is 5.03. The molecule has 3 rings (SSSR count). The second-order valence-electron chi connectivity index (χ2n) is 6.96. The summed E-state index contributed by atoms with van der Waals surface area (Å²) < 4.78 is 15.7. The molecule has 0 saturated carbocycles. The molecule has 1 aliphatic rings. The Bertz CT molecular complexity index is 814. The molecule has 1 aromatic heterocycles. The summed E-state index contributed by atoms with van der Waals surface area (Å²) in [6, 6.07) is 8.88. The summed E-state index contributed by atoms with van der Waals surface area (Å²) in [4.78, 5) is 26.8. The number of methoxy groups -OCH3 is 2. The summed E-state index contributed by atoms with van der Waals surface area (Å²) in [7, 11) is 3.13. The Balaban J connectivity index is 1.43. The third kappa shape index (κ3) is 5.74. The fraction of sp³-hybridized carbons (Fsp3) is 0.429. The van der Waals surface area contributed by atoms with Crippen molar-refractivity contribution in [2.75, 3.05) is 39.2 Å². The van der Waals surface area contributed by atoms with Crippen molar-refractivity contribution in [2.45, 2.75) is 19.4 Å². The van der Waals surface area contributed by atoms with Gasteiger partial charge >= 0.3 is 0 Å². The van der Waals surface area contributed by atoms with Crippen LogP contribution in [0.1, 0.15) is 18.6 Å². The smallest absolute Gasteiger partial charge is 0.238 e. The first-order chi connectivity index (χ1) is 14.1. The summed E-state index contributed by atoms with van der Waals surface area (Å²) in [5, 5.41) is 5.79. The van der Waals surface area contributed by atoms with Crippen LogP contribution in [0, 0.1) is 5.92 Å². The number of nitrogens with zero attached hydrogens (tertiary/aromatic N) is 1. The second kappa shape index (κ2) is 9.97. The van der Waals surface area contributed by atoms with Gasteiger partial charge in [-0.15, -0.1) is 0 Å². The maximum Gasteiger partial charge on any atom is 0.238 e. The molecule has 156 valence electrons. The normalized spacial score (nSPS) is 15.0. The van der Waals surface area contributed by atoms with E-state index in [0.717, 1.165) is 18.6 Å². The highest BCUT2D eigenvalue weighted by Gasteiger charge is 2.26. The van der Waals surface area contributed by atoms with Gasteiger partial charge in [-0.25, -0.2) is 0 Å². The van der Waals surface area contributed by atoms with Gasteiger partial charge in [-0.2, -0.15) is 0 Å². The molecule has 0 bridgehead atoms. The Morgan fingerprint density at radius 2 is 1.97 bits per heavy atom. The number of anilines is 1. The lowest BCUT2D eigenvalue weighted by molar-refractivity contribution is -0.126. The first-order valence-electron chi connectivity index (χ1n) is 9.63. The number of furan rings is 1. The average Bonchev–Trinajstić information content (AvgIpc) is 3.26. The van der Waals surface area contributed by atoms with Crippen LogP contribution in [0.4, 0.5) is 5.69 Å². The molecular formula is C21H27N3O5. The Morgan fingerprint density at radius 3 is 2.62 bits per heavy atom. The molecular weight excluding hydrogens is 374 g/mol. The lowest BCUT2D eigenvalue weighted by Gasteiger charge is -2.30. The lowest BCUT2D eigenvalue weighted by atomic mass is 9.96. The van der Waals surface area contributed by atoms with Crippen molar-refractivity contribution in [1.82, 2.24) is 10.2 Å². The number of benzene rings is 1. The second-order valence-corrected chi connectivity index (χ2v) is 6.96. The largest absolute Gasteiger partial charge is 0.497 e. The number of carbonyl (C=O) groups excluding carboxylic acids is 2. The molecule has 1 aromatic carbocycles. The summed E-state index contributed by atoms with van der Waals surface area (Å²) in [6.07, 6.45) is 3.04. The molecule has 1 fully saturated rings. The van der Waals surface area contributed by atoms with E-state index in [0.29, 0.717) is 36.8 Å². The van der Waals surface area contributed by atoms with E-state index in [-0.39, 0.29) is 24.3 Å². The molecule has 29 heavy (non-hydrogen) atoms. The van der Waals surface area contributed by atoms with Crippen molar-refractivity contribution in [3.8, 4) is 11.5 Å². The molecule has 0 atom stereocenters. The molecule has 2 heterocycles. The molecule has 0 unspecified atom stereocenters. The lowest BCUT2D eigenvalue weighted by Crippen LogP contribution is -2.43. The highest BCUT2D eigenvalue weighted by atomic mass is 16.5. The van der Waals surface area contributed by atoms with E-state index >= 15 is 0 Å². The Morgan fingerprint density at radius 1 is 1.17 bits per heavy atom. The predicted molar refractivity (Wildman–Crippen MR) is 108 cm³/mol. The number of hydrogen-bond donors (Lipinski definition) is 2. The Hall–Kier alpha value is -3.00. The number of nitrogens with one attached hydrogen (secondary N) is 2. The fourth-order valence-electron chi connectivity index (χ4n) is 3.38. The molecule has 2 aromatic rings. The molecule has 1 saturated heterocycles. The number of ether oxygens (including phenoxy) is 2. The van der Waals surface area contributed by atoms with Crippen molar-refractivity contribution in [1.29, 1.82) is 0 Å². The van der Waals surface area contributed by atoms with Crippen LogP contribution in [0.2, 0.25) is 0 Å². The molecule has 0 spiro atoms. The predicted octanol–water partition coefficient (Wildman–Crippen LogP) is 2.26. The van der Waals surface area contributed by atoms with E-state index in [4.69, 9.17) is 13.9 Å². The van der Waals surface area contributed by atoms with Gasteiger partial charge < -0.3 is 24.5 Å². The average molecular weight is 401 g/mol. The van der Waals surface area contributed by atoms with Gasteiger partial charge in [-0.1, -0.05) is 0 Å². The van der Waals surface area contributed by atoms with Crippen LogP contribution in [0.3, 0.4) is 0 Å². The minimum absolute atomic E-state index is 0.0356. The van der Waals surface area contributed by atoms with Crippen LogP contribution in [0.15, 0.2) is 41.0 Å². The van der Waals surface area contributed by atoms with E-state index in [2.05, 4.69) is 15.5 Å². The molecule has 0 aliphatic carbocycles. The van der Waals surface area contributed by atoms with Gasteiger partial charge in [0.15, 0.2) is 0 Å². The van der Waals surface area contributed by atoms with Gasteiger partial charge in [0.1, 0.15) is 17.3 Å². The van der Waals surface area contributed by atoms with Gasteiger partial charge in [-0.05, 0) is 50.2 Å². The van der Waals surface area contributed by atoms with Crippen LogP contribution in [-0.4, -0.2) is 50.6 Å². The number of amides is 2. The van der Waals surface area contributed by atoms with E-state index in [1.165, 1.54) is 0 Å². The van der Waals surface area contributed by atoms with Crippen molar-refractivity contribution in [2.24, 2.45) is 5.92 Å². The van der Waals surface area contributed by atoms with Gasteiger partial charge in [0.25, 0.3) is 0 Å². The van der Waals surface area contributed by atoms with E-state index in [1.807, 2.05) is 6.07 Å². The van der Waals surface area contributed by atoms with Crippen molar-refractivity contribution < 1.29 is 23.5 Å². The zero-order valence-electron chi connectivity index (χ0n) is 16.8. The Labute approximate surface area is 170 Å². The number of hydrogen-bond acceptors (Lipinski definition) is 6. The third-order valence-corrected chi connectivity index (χ3v) is 5.03. The molecule has 8 heteroatoms. The molecule has 1 aliphatic heterocycles. The monoisotopic (exact) mass is 401 g/mol. The van der Waals surface area contributed by atoms with Gasteiger partial charge in [-0.3, -0.25) is 14.5 Å². The molecule has 2 amide bonds. The summed E-state index contributed by atoms with van der Waals surface area (Å²) in [5.41, 5.74) is 0.602. The van der Waals surface area contributed by atoms with Crippen molar-refractivity contribution in [3.05, 3.63) is 42.4 Å². The first-order valence-corrected chi connectivity index (χ1v) is 9.63. The summed E-state index contributed by atoms with van der Waals surface area (Å²) in [5.74, 6) is 1.83. The number of rotatable bonds is 8. The summed E-state index contributed by atoms with van der Waals surface area (Å²) >= 11 is 0. The van der Waals surface area contributed by atoms with Crippen LogP contribution in [0.5, 0.6) is 11.5 Å². The topological polar surface area (TPSA) is 93.0 Å². The van der Waals surface area contributed by atoms with Crippen molar-refractivity contribution >= 4 is 17.5 Å². The van der Waals surface area contributed by atoms with Gasteiger partial charge in [0, 0.05) is 12.0 Å². The first kappa shape index (κ1) is 20.7. The fourth-order valence-corrected chi connectivity index (χ4v) is 3.38. The minimum atomic E-state index is -0.116. The van der Waals surface area contributed by atoms with E-state index in [1.54, 1.807) is 44.7 Å². The zero-order chi connectivity index (χ0) is 20.6. The van der Waals surface area contributed by atoms with Crippen LogP contribution < -0.4 is 20.1 Å².